The fraction of sp³-hybridized carbons (Fsp3) is 0.182. The molecule has 1 fully saturated rings. The van der Waals surface area contributed by atoms with E-state index in [0.717, 1.165) is 22.4 Å². The van der Waals surface area contributed by atoms with Crippen LogP contribution >= 0.6 is 11.8 Å². The Hall–Kier alpha value is -4.76. The summed E-state index contributed by atoms with van der Waals surface area (Å²) in [5.41, 5.74) is 3.85. The Morgan fingerprint density at radius 2 is 1.50 bits per heavy atom. The van der Waals surface area contributed by atoms with Crippen LogP contribution in [0.5, 0.6) is 0 Å². The highest BCUT2D eigenvalue weighted by molar-refractivity contribution is 8.15. The van der Waals surface area contributed by atoms with Crippen molar-refractivity contribution in [3.8, 4) is 0 Å². The summed E-state index contributed by atoms with van der Waals surface area (Å²) in [5, 5.41) is 5.94. The minimum atomic E-state index is -0.775. The van der Waals surface area contributed by atoms with Gasteiger partial charge in [0.05, 0.1) is 18.2 Å². The van der Waals surface area contributed by atoms with Crippen LogP contribution in [-0.4, -0.2) is 45.9 Å². The Labute approximate surface area is 249 Å². The Balaban J connectivity index is 1.22. The molecule has 2 atom stereocenters. The predicted molar refractivity (Wildman–Crippen MR) is 166 cm³/mol. The van der Waals surface area contributed by atoms with Gasteiger partial charge in [-0.3, -0.25) is 29.3 Å². The second-order valence-corrected chi connectivity index (χ2v) is 10.9. The number of aromatic nitrogens is 1. The van der Waals surface area contributed by atoms with E-state index >= 15 is 0 Å². The number of nitrogens with zero attached hydrogens (tertiary/aromatic N) is 3. The summed E-state index contributed by atoms with van der Waals surface area (Å²) in [7, 11) is 1.67. The Bertz CT molecular complexity index is 1520. The van der Waals surface area contributed by atoms with Gasteiger partial charge < -0.3 is 10.6 Å². The van der Waals surface area contributed by atoms with Crippen LogP contribution in [0.1, 0.15) is 40.5 Å². The monoisotopic (exact) mass is 577 g/mol. The van der Waals surface area contributed by atoms with Crippen LogP contribution in [0.25, 0.3) is 0 Å². The molecule has 212 valence electrons. The highest BCUT2D eigenvalue weighted by Gasteiger charge is 2.38. The number of hydrogen-bond donors (Lipinski definition) is 2. The zero-order valence-corrected chi connectivity index (χ0v) is 24.1. The number of amidine groups is 1. The molecule has 0 bridgehead atoms. The van der Waals surface area contributed by atoms with E-state index in [1.54, 1.807) is 37.2 Å². The third-order valence-corrected chi connectivity index (χ3v) is 8.27. The molecule has 1 saturated heterocycles. The molecule has 42 heavy (non-hydrogen) atoms. The van der Waals surface area contributed by atoms with Gasteiger partial charge in [-0.05, 0) is 47.9 Å². The van der Waals surface area contributed by atoms with E-state index in [-0.39, 0.29) is 17.7 Å². The summed E-state index contributed by atoms with van der Waals surface area (Å²) < 4.78 is 0. The molecule has 1 aliphatic heterocycles. The van der Waals surface area contributed by atoms with E-state index in [1.165, 1.54) is 11.8 Å². The molecule has 0 saturated carbocycles. The Morgan fingerprint density at radius 1 is 0.881 bits per heavy atom. The van der Waals surface area contributed by atoms with Crippen molar-refractivity contribution in [2.24, 2.45) is 4.99 Å². The smallest absolute Gasteiger partial charge is 0.247 e. The number of carbonyl (C=O) groups excluding carboxylic acids is 3. The molecule has 0 aliphatic carbocycles. The van der Waals surface area contributed by atoms with Gasteiger partial charge in [0, 0.05) is 18.9 Å². The number of benzene rings is 3. The van der Waals surface area contributed by atoms with Crippen LogP contribution in [0.4, 0.5) is 5.69 Å². The standard InChI is InChI=1S/C33H31N5O3S/c1-22(36-31(40)28(23-11-5-3-6-12-23)24-13-7-4-8-14-24)30(39)37-26-18-16-25(17-19-26)29-32(41)38(33(34-2)42-29)21-27-15-9-10-20-35-27/h3-20,22,28-29H,21H2,1-2H3,(H,36,40)(H,37,39)/t22-,29?/m0/s1. The highest BCUT2D eigenvalue weighted by atomic mass is 32.2. The third-order valence-electron chi connectivity index (χ3n) is 6.94. The molecule has 1 aromatic heterocycles. The van der Waals surface area contributed by atoms with Crippen LogP contribution in [0.2, 0.25) is 0 Å². The fourth-order valence-electron chi connectivity index (χ4n) is 4.78. The minimum Gasteiger partial charge on any atom is -0.344 e. The summed E-state index contributed by atoms with van der Waals surface area (Å²) >= 11 is 1.39. The van der Waals surface area contributed by atoms with E-state index < -0.39 is 17.2 Å². The largest absolute Gasteiger partial charge is 0.344 e. The molecule has 3 aromatic carbocycles. The Kier molecular flexibility index (Phi) is 9.08. The zero-order chi connectivity index (χ0) is 29.5. The SMILES string of the molecule is CN=C1SC(c2ccc(NC(=O)[C@H](C)NC(=O)C(c3ccccc3)c3ccccc3)cc2)C(=O)N1Cc1ccccn1. The van der Waals surface area contributed by atoms with E-state index in [9.17, 15) is 14.4 Å². The van der Waals surface area contributed by atoms with Crippen molar-refractivity contribution in [2.75, 3.05) is 12.4 Å². The minimum absolute atomic E-state index is 0.0641. The average Bonchev–Trinajstić information content (AvgIpc) is 3.33. The van der Waals surface area contributed by atoms with Gasteiger partial charge in [0.25, 0.3) is 0 Å². The molecule has 1 aliphatic rings. The summed E-state index contributed by atoms with van der Waals surface area (Å²) in [4.78, 5) is 50.0. The second kappa shape index (κ2) is 13.3. The van der Waals surface area contributed by atoms with E-state index in [0.29, 0.717) is 17.4 Å². The van der Waals surface area contributed by atoms with Gasteiger partial charge in [-0.1, -0.05) is 90.6 Å². The molecule has 1 unspecified atom stereocenters. The van der Waals surface area contributed by atoms with Crippen molar-refractivity contribution in [3.05, 3.63) is 132 Å². The van der Waals surface area contributed by atoms with E-state index in [1.807, 2.05) is 91.0 Å². The quantitative estimate of drug-likeness (QED) is 0.286. The van der Waals surface area contributed by atoms with Gasteiger partial charge in [0.1, 0.15) is 11.3 Å². The molecule has 5 rings (SSSR count). The van der Waals surface area contributed by atoms with Crippen molar-refractivity contribution >= 4 is 40.3 Å². The predicted octanol–water partition coefficient (Wildman–Crippen LogP) is 5.16. The molecule has 0 radical (unpaired) electrons. The van der Waals surface area contributed by atoms with Crippen molar-refractivity contribution in [1.29, 1.82) is 0 Å². The number of thioether (sulfide) groups is 1. The molecule has 8 nitrogen and oxygen atoms in total. The molecular weight excluding hydrogens is 546 g/mol. The first kappa shape index (κ1) is 28.8. The van der Waals surface area contributed by atoms with Gasteiger partial charge in [0.2, 0.25) is 17.7 Å². The number of anilines is 1. The van der Waals surface area contributed by atoms with E-state index in [2.05, 4.69) is 20.6 Å². The number of pyridine rings is 1. The first-order valence-electron chi connectivity index (χ1n) is 13.6. The van der Waals surface area contributed by atoms with Gasteiger partial charge >= 0.3 is 0 Å². The number of amides is 3. The average molecular weight is 578 g/mol. The summed E-state index contributed by atoms with van der Waals surface area (Å²) in [6.07, 6.45) is 1.70. The molecule has 4 aromatic rings. The lowest BCUT2D eigenvalue weighted by atomic mass is 9.90. The summed E-state index contributed by atoms with van der Waals surface area (Å²) in [6.45, 7) is 2.01. The van der Waals surface area contributed by atoms with Crippen molar-refractivity contribution < 1.29 is 14.4 Å². The number of carbonyl (C=O) groups is 3. The second-order valence-electron chi connectivity index (χ2n) is 9.85. The van der Waals surface area contributed by atoms with Gasteiger partial charge in [-0.15, -0.1) is 0 Å². The molecule has 2 N–H and O–H groups in total. The Morgan fingerprint density at radius 3 is 2.07 bits per heavy atom. The number of rotatable bonds is 9. The normalized spacial score (nSPS) is 16.5. The molecular formula is C33H31N5O3S. The maximum Gasteiger partial charge on any atom is 0.247 e. The van der Waals surface area contributed by atoms with Crippen LogP contribution in [0.15, 0.2) is 114 Å². The van der Waals surface area contributed by atoms with Crippen LogP contribution in [0, 0.1) is 0 Å². The van der Waals surface area contributed by atoms with Crippen molar-refractivity contribution in [3.63, 3.8) is 0 Å². The number of nitrogens with one attached hydrogen (secondary N) is 2. The van der Waals surface area contributed by atoms with Crippen LogP contribution < -0.4 is 10.6 Å². The van der Waals surface area contributed by atoms with Crippen molar-refractivity contribution in [2.45, 2.75) is 30.7 Å². The number of hydrogen-bond acceptors (Lipinski definition) is 6. The summed E-state index contributed by atoms with van der Waals surface area (Å²) in [6, 6.07) is 31.0. The lowest BCUT2D eigenvalue weighted by Crippen LogP contribution is -2.43. The maximum absolute atomic E-state index is 13.4. The highest BCUT2D eigenvalue weighted by Crippen LogP contribution is 2.40. The van der Waals surface area contributed by atoms with Gasteiger partial charge in [-0.25, -0.2) is 0 Å². The molecule has 0 spiro atoms. The third kappa shape index (κ3) is 6.58. The molecule has 9 heteroatoms. The molecule has 2 heterocycles. The first-order valence-corrected chi connectivity index (χ1v) is 14.5. The van der Waals surface area contributed by atoms with E-state index in [4.69, 9.17) is 0 Å². The van der Waals surface area contributed by atoms with Crippen LogP contribution in [0.3, 0.4) is 0 Å². The van der Waals surface area contributed by atoms with Gasteiger partial charge in [0.15, 0.2) is 5.17 Å². The fourth-order valence-corrected chi connectivity index (χ4v) is 5.90. The van der Waals surface area contributed by atoms with Gasteiger partial charge in [-0.2, -0.15) is 0 Å². The lowest BCUT2D eigenvalue weighted by molar-refractivity contribution is -0.126. The van der Waals surface area contributed by atoms with Crippen molar-refractivity contribution in [1.82, 2.24) is 15.2 Å². The number of aliphatic imine (C=N–C) groups is 1. The lowest BCUT2D eigenvalue weighted by Gasteiger charge is -2.21. The first-order chi connectivity index (χ1) is 20.4. The summed E-state index contributed by atoms with van der Waals surface area (Å²) in [5.74, 6) is -1.21. The molecule has 3 amide bonds. The zero-order valence-electron chi connectivity index (χ0n) is 23.3. The van der Waals surface area contributed by atoms with Crippen LogP contribution in [-0.2, 0) is 20.9 Å². The topological polar surface area (TPSA) is 104 Å². The maximum atomic E-state index is 13.4.